The first-order valence-electron chi connectivity index (χ1n) is 7.71. The summed E-state index contributed by atoms with van der Waals surface area (Å²) in [5.41, 5.74) is 5.52. The van der Waals surface area contributed by atoms with Crippen molar-refractivity contribution in [3.05, 3.63) is 95.6 Å². The molecule has 0 aliphatic rings. The molecule has 126 valence electrons. The van der Waals surface area contributed by atoms with Crippen molar-refractivity contribution in [3.8, 4) is 5.75 Å². The third-order valence-corrected chi connectivity index (χ3v) is 3.46. The Bertz CT molecular complexity index is 846. The Morgan fingerprint density at radius 1 is 0.880 bits per heavy atom. The number of nitrogens with one attached hydrogen (secondary N) is 1. The van der Waals surface area contributed by atoms with Crippen LogP contribution in [-0.2, 0) is 6.61 Å². The minimum atomic E-state index is -0.670. The Kier molecular flexibility index (Phi) is 5.36. The van der Waals surface area contributed by atoms with Gasteiger partial charge in [0.1, 0.15) is 24.0 Å². The average Bonchev–Trinajstić information content (AvgIpc) is 2.61. The van der Waals surface area contributed by atoms with Crippen LogP contribution in [0.5, 0.6) is 5.75 Å². The highest BCUT2D eigenvalue weighted by atomic mass is 19.1. The topological polar surface area (TPSA) is 33.6 Å². The van der Waals surface area contributed by atoms with Gasteiger partial charge in [-0.15, -0.1) is 0 Å². The monoisotopic (exact) mass is 338 g/mol. The summed E-state index contributed by atoms with van der Waals surface area (Å²) >= 11 is 0. The van der Waals surface area contributed by atoms with Crippen LogP contribution in [-0.4, -0.2) is 6.21 Å². The number of ether oxygens (including phenoxy) is 1. The van der Waals surface area contributed by atoms with Crippen molar-refractivity contribution < 1.29 is 13.5 Å². The lowest BCUT2D eigenvalue weighted by atomic mass is 10.1. The van der Waals surface area contributed by atoms with Crippen LogP contribution >= 0.6 is 0 Å². The number of anilines is 1. The van der Waals surface area contributed by atoms with Crippen LogP contribution in [0, 0.1) is 11.6 Å². The third kappa shape index (κ3) is 4.88. The van der Waals surface area contributed by atoms with Gasteiger partial charge in [-0.1, -0.05) is 42.5 Å². The molecular weight excluding hydrogens is 322 g/mol. The first-order chi connectivity index (χ1) is 12.2. The summed E-state index contributed by atoms with van der Waals surface area (Å²) in [7, 11) is 0. The molecule has 3 nitrogen and oxygen atoms in total. The maximum atomic E-state index is 13.2. The van der Waals surface area contributed by atoms with E-state index in [0.29, 0.717) is 0 Å². The predicted octanol–water partition coefficient (Wildman–Crippen LogP) is 4.99. The van der Waals surface area contributed by atoms with Gasteiger partial charge in [0.15, 0.2) is 0 Å². The van der Waals surface area contributed by atoms with Crippen LogP contribution in [0.2, 0.25) is 0 Å². The van der Waals surface area contributed by atoms with Crippen LogP contribution in [0.25, 0.3) is 0 Å². The van der Waals surface area contributed by atoms with Gasteiger partial charge in [0.05, 0.1) is 11.9 Å². The van der Waals surface area contributed by atoms with E-state index in [1.165, 1.54) is 0 Å². The Morgan fingerprint density at radius 2 is 1.56 bits per heavy atom. The standard InChI is InChI=1S/C20H16F2N2O/c21-17-10-18(22)12-20(11-17)25-14-16-7-5-4-6-15(16)13-23-24-19-8-2-1-3-9-19/h1-13,24H,14H2. The molecule has 0 saturated carbocycles. The molecule has 3 aromatic rings. The van der Waals surface area contributed by atoms with Crippen molar-refractivity contribution in [3.63, 3.8) is 0 Å². The number of rotatable bonds is 6. The van der Waals surface area contributed by atoms with Crippen LogP contribution in [0.1, 0.15) is 11.1 Å². The van der Waals surface area contributed by atoms with Crippen molar-refractivity contribution in [2.45, 2.75) is 6.61 Å². The number of benzene rings is 3. The van der Waals surface area contributed by atoms with Crippen molar-refractivity contribution >= 4 is 11.9 Å². The van der Waals surface area contributed by atoms with E-state index in [4.69, 9.17) is 4.74 Å². The minimum Gasteiger partial charge on any atom is -0.489 e. The van der Waals surface area contributed by atoms with Gasteiger partial charge in [0, 0.05) is 23.8 Å². The predicted molar refractivity (Wildman–Crippen MR) is 94.8 cm³/mol. The second kappa shape index (κ2) is 8.06. The average molecular weight is 338 g/mol. The van der Waals surface area contributed by atoms with E-state index in [1.807, 2.05) is 54.6 Å². The molecular formula is C20H16F2N2O. The summed E-state index contributed by atoms with van der Waals surface area (Å²) in [6.07, 6.45) is 1.68. The van der Waals surface area contributed by atoms with E-state index in [2.05, 4.69) is 10.5 Å². The minimum absolute atomic E-state index is 0.145. The van der Waals surface area contributed by atoms with E-state index in [-0.39, 0.29) is 12.4 Å². The molecule has 0 fully saturated rings. The Balaban J connectivity index is 1.68. The molecule has 0 aliphatic heterocycles. The summed E-state index contributed by atoms with van der Waals surface area (Å²) in [5.74, 6) is -1.19. The molecule has 3 aromatic carbocycles. The molecule has 0 aliphatic carbocycles. The van der Waals surface area contributed by atoms with Crippen molar-refractivity contribution in [2.24, 2.45) is 5.10 Å². The maximum absolute atomic E-state index is 13.2. The van der Waals surface area contributed by atoms with E-state index in [1.54, 1.807) is 6.21 Å². The van der Waals surface area contributed by atoms with Crippen molar-refractivity contribution in [1.82, 2.24) is 0 Å². The molecule has 25 heavy (non-hydrogen) atoms. The third-order valence-electron chi connectivity index (χ3n) is 3.46. The molecule has 0 saturated heterocycles. The van der Waals surface area contributed by atoms with E-state index in [9.17, 15) is 8.78 Å². The maximum Gasteiger partial charge on any atom is 0.129 e. The van der Waals surface area contributed by atoms with E-state index in [0.717, 1.165) is 35.0 Å². The molecule has 0 amide bonds. The normalized spacial score (nSPS) is 10.8. The molecule has 1 N–H and O–H groups in total. The van der Waals surface area contributed by atoms with Gasteiger partial charge in [-0.3, -0.25) is 5.43 Å². The summed E-state index contributed by atoms with van der Waals surface area (Å²) in [4.78, 5) is 0. The quantitative estimate of drug-likeness (QED) is 0.507. The molecule has 3 rings (SSSR count). The first-order valence-corrected chi connectivity index (χ1v) is 7.71. The van der Waals surface area contributed by atoms with Gasteiger partial charge in [-0.05, 0) is 17.7 Å². The molecule has 0 bridgehead atoms. The van der Waals surface area contributed by atoms with E-state index < -0.39 is 11.6 Å². The van der Waals surface area contributed by atoms with Crippen LogP contribution in [0.3, 0.4) is 0 Å². The second-order valence-electron chi connectivity index (χ2n) is 5.33. The van der Waals surface area contributed by atoms with Gasteiger partial charge in [-0.25, -0.2) is 8.78 Å². The second-order valence-corrected chi connectivity index (χ2v) is 5.33. The fraction of sp³-hybridized carbons (Fsp3) is 0.0500. The van der Waals surface area contributed by atoms with Gasteiger partial charge in [0.2, 0.25) is 0 Å². The fourth-order valence-corrected chi connectivity index (χ4v) is 2.25. The highest BCUT2D eigenvalue weighted by Crippen LogP contribution is 2.18. The Hall–Kier alpha value is -3.21. The smallest absolute Gasteiger partial charge is 0.129 e. The Morgan fingerprint density at radius 3 is 2.32 bits per heavy atom. The fourth-order valence-electron chi connectivity index (χ4n) is 2.25. The summed E-state index contributed by atoms with van der Waals surface area (Å²) in [6, 6.07) is 20.2. The summed E-state index contributed by atoms with van der Waals surface area (Å²) in [6.45, 7) is 0.177. The van der Waals surface area contributed by atoms with Gasteiger partial charge < -0.3 is 4.74 Å². The number of hydrogen-bond acceptors (Lipinski definition) is 3. The molecule has 0 unspecified atom stereocenters. The zero-order chi connectivity index (χ0) is 17.5. The van der Waals surface area contributed by atoms with Crippen LogP contribution in [0.4, 0.5) is 14.5 Å². The van der Waals surface area contributed by atoms with Gasteiger partial charge in [0.25, 0.3) is 0 Å². The zero-order valence-corrected chi connectivity index (χ0v) is 13.3. The molecule has 0 aromatic heterocycles. The molecule has 0 heterocycles. The number of para-hydroxylation sites is 1. The molecule has 0 radical (unpaired) electrons. The lowest BCUT2D eigenvalue weighted by Crippen LogP contribution is -2.01. The van der Waals surface area contributed by atoms with Crippen LogP contribution in [0.15, 0.2) is 77.9 Å². The van der Waals surface area contributed by atoms with E-state index >= 15 is 0 Å². The highest BCUT2D eigenvalue weighted by molar-refractivity contribution is 5.82. The lowest BCUT2D eigenvalue weighted by molar-refractivity contribution is 0.302. The summed E-state index contributed by atoms with van der Waals surface area (Å²) < 4.78 is 31.9. The highest BCUT2D eigenvalue weighted by Gasteiger charge is 2.04. The molecule has 0 atom stereocenters. The van der Waals surface area contributed by atoms with Crippen molar-refractivity contribution in [2.75, 3.05) is 5.43 Å². The van der Waals surface area contributed by atoms with Crippen LogP contribution < -0.4 is 10.2 Å². The zero-order valence-electron chi connectivity index (χ0n) is 13.3. The molecule has 0 spiro atoms. The Labute approximate surface area is 144 Å². The number of hydrazone groups is 1. The number of nitrogens with zero attached hydrogens (tertiary/aromatic N) is 1. The number of hydrogen-bond donors (Lipinski definition) is 1. The largest absolute Gasteiger partial charge is 0.489 e. The summed E-state index contributed by atoms with van der Waals surface area (Å²) in [5, 5.41) is 4.21. The first kappa shape index (κ1) is 16.6. The SMILES string of the molecule is Fc1cc(F)cc(OCc2ccccc2C=NNc2ccccc2)c1. The molecule has 5 heteroatoms. The van der Waals surface area contributed by atoms with Crippen molar-refractivity contribution in [1.29, 1.82) is 0 Å². The lowest BCUT2D eigenvalue weighted by Gasteiger charge is -2.09. The number of halogens is 2. The van der Waals surface area contributed by atoms with Gasteiger partial charge >= 0.3 is 0 Å². The van der Waals surface area contributed by atoms with Gasteiger partial charge in [-0.2, -0.15) is 5.10 Å².